The maximum absolute atomic E-state index is 10.4. The number of nitrogens with two attached hydrogens (primary N) is 1. The van der Waals surface area contributed by atoms with Gasteiger partial charge in [-0.25, -0.2) is 0 Å². The monoisotopic (exact) mass is 481 g/mol. The SMILES string of the molecule is N#CC1=C(N)Oc2cc(O)c(C=NC3=IC=CC=C3)cc2C1c1ccccc1. The van der Waals surface area contributed by atoms with Gasteiger partial charge in [0.15, 0.2) is 0 Å². The summed E-state index contributed by atoms with van der Waals surface area (Å²) in [5, 5.41) is 20.1. The van der Waals surface area contributed by atoms with Crippen LogP contribution < -0.4 is 10.5 Å². The molecule has 6 heteroatoms. The van der Waals surface area contributed by atoms with Gasteiger partial charge in [-0.2, -0.15) is 5.26 Å². The molecule has 0 spiro atoms. The van der Waals surface area contributed by atoms with Gasteiger partial charge in [-0.3, -0.25) is 4.99 Å². The number of ether oxygens (including phenoxy) is 1. The lowest BCUT2D eigenvalue weighted by Crippen LogP contribution is -2.21. The van der Waals surface area contributed by atoms with Crippen molar-refractivity contribution in [3.63, 3.8) is 0 Å². The van der Waals surface area contributed by atoms with Gasteiger partial charge in [0.25, 0.3) is 0 Å². The van der Waals surface area contributed by atoms with E-state index in [1.54, 1.807) is 6.21 Å². The summed E-state index contributed by atoms with van der Waals surface area (Å²) in [6.45, 7) is 0. The molecule has 2 aliphatic rings. The second-order valence-corrected chi connectivity index (χ2v) is 8.60. The van der Waals surface area contributed by atoms with Crippen LogP contribution in [0.25, 0.3) is 0 Å². The highest BCUT2D eigenvalue weighted by atomic mass is 127. The van der Waals surface area contributed by atoms with Gasteiger partial charge in [0.1, 0.15) is 23.1 Å². The molecule has 0 aromatic heterocycles. The summed E-state index contributed by atoms with van der Waals surface area (Å²) in [5.74, 6) is 0.196. The Kier molecular flexibility index (Phi) is 5.08. The summed E-state index contributed by atoms with van der Waals surface area (Å²) >= 11 is -0.254. The molecule has 1 unspecified atom stereocenters. The second kappa shape index (κ2) is 7.82. The Morgan fingerprint density at radius 3 is 2.75 bits per heavy atom. The molecule has 0 saturated carbocycles. The number of allylic oxidation sites excluding steroid dienone is 3. The Hall–Kier alpha value is -3.18. The number of nitriles is 1. The minimum absolute atomic E-state index is 0.0525. The van der Waals surface area contributed by atoms with Crippen LogP contribution in [0.3, 0.4) is 0 Å². The van der Waals surface area contributed by atoms with Gasteiger partial charge in [-0.15, -0.1) is 0 Å². The number of halogens is 1. The fourth-order valence-corrected chi connectivity index (χ4v) is 4.65. The average molecular weight is 481 g/mol. The van der Waals surface area contributed by atoms with E-state index in [-0.39, 0.29) is 38.3 Å². The van der Waals surface area contributed by atoms with Crippen LogP contribution in [0.5, 0.6) is 11.5 Å². The van der Waals surface area contributed by atoms with Crippen molar-refractivity contribution in [1.29, 1.82) is 5.26 Å². The Morgan fingerprint density at radius 1 is 1.21 bits per heavy atom. The van der Waals surface area contributed by atoms with Gasteiger partial charge in [0.2, 0.25) is 5.88 Å². The Bertz CT molecular complexity index is 1120. The zero-order valence-electron chi connectivity index (χ0n) is 14.7. The highest BCUT2D eigenvalue weighted by Crippen LogP contribution is 2.44. The predicted molar refractivity (Wildman–Crippen MR) is 119 cm³/mol. The summed E-state index contributed by atoms with van der Waals surface area (Å²) in [6.07, 6.45) is 7.61. The normalized spacial score (nSPS) is 18.1. The van der Waals surface area contributed by atoms with E-state index in [1.165, 1.54) is 6.07 Å². The molecule has 4 rings (SSSR count). The molecule has 2 heterocycles. The number of hydrogen-bond donors (Lipinski definition) is 2. The molecular weight excluding hydrogens is 465 g/mol. The van der Waals surface area contributed by atoms with Crippen LogP contribution in [0, 0.1) is 11.3 Å². The molecule has 0 radical (unpaired) electrons. The molecule has 1 atom stereocenters. The first kappa shape index (κ1) is 18.2. The Balaban J connectivity index is 1.82. The van der Waals surface area contributed by atoms with Crippen molar-refractivity contribution in [2.75, 3.05) is 0 Å². The van der Waals surface area contributed by atoms with Crippen molar-refractivity contribution in [2.24, 2.45) is 10.7 Å². The summed E-state index contributed by atoms with van der Waals surface area (Å²) in [6, 6.07) is 15.2. The highest BCUT2D eigenvalue weighted by Gasteiger charge is 2.31. The highest BCUT2D eigenvalue weighted by molar-refractivity contribution is 14.2. The number of phenolic OH excluding ortho intramolecular Hbond substituents is 1. The molecule has 2 aromatic carbocycles. The maximum atomic E-state index is 10.4. The number of benzene rings is 2. The van der Waals surface area contributed by atoms with E-state index < -0.39 is 0 Å². The van der Waals surface area contributed by atoms with Crippen molar-refractivity contribution >= 4 is 30.6 Å². The summed E-state index contributed by atoms with van der Waals surface area (Å²) in [5.41, 5.74) is 8.62. The Labute approximate surface area is 172 Å². The third-order valence-corrected chi connectivity index (χ3v) is 6.47. The molecule has 28 heavy (non-hydrogen) atoms. The van der Waals surface area contributed by atoms with Crippen LogP contribution in [0.15, 0.2) is 81.2 Å². The predicted octanol–water partition coefficient (Wildman–Crippen LogP) is 4.21. The van der Waals surface area contributed by atoms with Crippen LogP contribution in [-0.4, -0.2) is 15.0 Å². The lowest BCUT2D eigenvalue weighted by atomic mass is 9.83. The van der Waals surface area contributed by atoms with E-state index in [0.29, 0.717) is 16.9 Å². The largest absolute Gasteiger partial charge is 0.507 e. The van der Waals surface area contributed by atoms with Crippen LogP contribution in [0.1, 0.15) is 22.6 Å². The number of aromatic hydroxyl groups is 1. The number of nitrogens with zero attached hydrogens (tertiary/aromatic N) is 2. The van der Waals surface area contributed by atoms with Crippen molar-refractivity contribution in [1.82, 2.24) is 0 Å². The first-order valence-corrected chi connectivity index (χ1v) is 10.9. The fraction of sp³-hybridized carbons (Fsp3) is 0.0455. The molecule has 0 fully saturated rings. The summed E-state index contributed by atoms with van der Waals surface area (Å²) < 4.78 is 8.77. The van der Waals surface area contributed by atoms with E-state index in [9.17, 15) is 10.4 Å². The number of phenols is 1. The van der Waals surface area contributed by atoms with Crippen molar-refractivity contribution < 1.29 is 9.84 Å². The third-order valence-electron chi connectivity index (χ3n) is 4.42. The molecule has 0 aliphatic carbocycles. The van der Waals surface area contributed by atoms with Crippen molar-refractivity contribution in [3.8, 4) is 17.6 Å². The molecule has 3 N–H and O–H groups in total. The fourth-order valence-electron chi connectivity index (χ4n) is 3.12. The molecule has 5 nitrogen and oxygen atoms in total. The molecular formula is C22H16IN3O2. The maximum Gasteiger partial charge on any atom is 0.205 e. The molecule has 0 bridgehead atoms. The Morgan fingerprint density at radius 2 is 2.04 bits per heavy atom. The zero-order valence-corrected chi connectivity index (χ0v) is 16.9. The third kappa shape index (κ3) is 3.49. The van der Waals surface area contributed by atoms with E-state index in [1.807, 2.05) is 54.6 Å². The zero-order chi connectivity index (χ0) is 19.5. The molecule has 2 aromatic rings. The number of hydrogen-bond acceptors (Lipinski definition) is 5. The first-order valence-electron chi connectivity index (χ1n) is 8.54. The van der Waals surface area contributed by atoms with E-state index in [0.717, 1.165) is 14.8 Å². The van der Waals surface area contributed by atoms with E-state index in [4.69, 9.17) is 10.5 Å². The number of rotatable bonds is 3. The second-order valence-electron chi connectivity index (χ2n) is 6.15. The van der Waals surface area contributed by atoms with Crippen molar-refractivity contribution in [2.45, 2.75) is 5.92 Å². The quantitative estimate of drug-likeness (QED) is 0.508. The lowest BCUT2D eigenvalue weighted by Gasteiger charge is -2.27. The molecule has 0 amide bonds. The van der Waals surface area contributed by atoms with Gasteiger partial charge in [-0.05, 0) is 21.8 Å². The molecule has 2 aliphatic heterocycles. The standard InChI is InChI=1S/C22H16IN3O2/c24-12-17-21(14-6-2-1-3-7-14)16-10-15(13-26-20-8-4-5-9-23-20)18(27)11-19(16)28-22(17)25/h1-11,13,21,27H,25H2. The van der Waals surface area contributed by atoms with Gasteiger partial charge >= 0.3 is 0 Å². The van der Waals surface area contributed by atoms with Gasteiger partial charge in [-0.1, -0.05) is 63.2 Å². The molecule has 0 saturated heterocycles. The topological polar surface area (TPSA) is 91.6 Å². The van der Waals surface area contributed by atoms with Crippen molar-refractivity contribution in [3.05, 3.63) is 92.9 Å². The van der Waals surface area contributed by atoms with Gasteiger partial charge < -0.3 is 15.6 Å². The number of aliphatic imine (C=N–C) groups is 1. The first-order chi connectivity index (χ1) is 13.7. The van der Waals surface area contributed by atoms with Crippen LogP contribution >= 0.6 is 20.7 Å². The van der Waals surface area contributed by atoms with Gasteiger partial charge in [0.05, 0.1) is 9.55 Å². The van der Waals surface area contributed by atoms with Gasteiger partial charge in [0, 0.05) is 23.4 Å². The molecule has 138 valence electrons. The average Bonchev–Trinajstić information content (AvgIpc) is 2.73. The van der Waals surface area contributed by atoms with Crippen LogP contribution in [0.2, 0.25) is 0 Å². The minimum atomic E-state index is -0.361. The summed E-state index contributed by atoms with van der Waals surface area (Å²) in [4.78, 5) is 4.52. The van der Waals surface area contributed by atoms with Crippen LogP contribution in [-0.2, 0) is 0 Å². The summed E-state index contributed by atoms with van der Waals surface area (Å²) in [7, 11) is 0. The number of fused-ring (bicyclic) bond motifs is 1. The van der Waals surface area contributed by atoms with Crippen LogP contribution in [0.4, 0.5) is 0 Å². The minimum Gasteiger partial charge on any atom is -0.507 e. The van der Waals surface area contributed by atoms with E-state index in [2.05, 4.69) is 15.1 Å². The smallest absolute Gasteiger partial charge is 0.205 e. The lowest BCUT2D eigenvalue weighted by molar-refractivity contribution is 0.388. The van der Waals surface area contributed by atoms with E-state index >= 15 is 0 Å².